The highest BCUT2D eigenvalue weighted by Crippen LogP contribution is 2.24. The van der Waals surface area contributed by atoms with Gasteiger partial charge >= 0.3 is 0 Å². The van der Waals surface area contributed by atoms with Gasteiger partial charge in [-0.1, -0.05) is 24.3 Å². The van der Waals surface area contributed by atoms with Crippen LogP contribution in [0.25, 0.3) is 0 Å². The van der Waals surface area contributed by atoms with Crippen LogP contribution in [0.5, 0.6) is 11.5 Å². The second kappa shape index (κ2) is 9.20. The van der Waals surface area contributed by atoms with Crippen LogP contribution in [-0.2, 0) is 12.8 Å². The van der Waals surface area contributed by atoms with Crippen molar-refractivity contribution in [2.75, 3.05) is 27.3 Å². The number of benzene rings is 2. The van der Waals surface area contributed by atoms with E-state index in [9.17, 15) is 9.50 Å². The Bertz CT molecular complexity index is 752. The predicted octanol–water partition coefficient (Wildman–Crippen LogP) is 3.45. The van der Waals surface area contributed by atoms with Crippen molar-refractivity contribution in [1.82, 2.24) is 4.90 Å². The molecule has 0 unspecified atom stereocenters. The zero-order valence-corrected chi connectivity index (χ0v) is 16.0. The molecule has 0 spiro atoms. The molecule has 2 atom stereocenters. The summed E-state index contributed by atoms with van der Waals surface area (Å²) in [5.41, 5.74) is 2.17. The Labute approximate surface area is 160 Å². The van der Waals surface area contributed by atoms with Gasteiger partial charge in [0.25, 0.3) is 0 Å². The van der Waals surface area contributed by atoms with E-state index in [4.69, 9.17) is 9.47 Å². The Morgan fingerprint density at radius 3 is 2.70 bits per heavy atom. The van der Waals surface area contributed by atoms with Gasteiger partial charge in [-0.3, -0.25) is 0 Å². The van der Waals surface area contributed by atoms with Crippen molar-refractivity contribution in [3.63, 3.8) is 0 Å². The van der Waals surface area contributed by atoms with E-state index in [0.717, 1.165) is 49.1 Å². The van der Waals surface area contributed by atoms with E-state index in [1.807, 2.05) is 25.2 Å². The van der Waals surface area contributed by atoms with Gasteiger partial charge in [0.15, 0.2) is 11.6 Å². The summed E-state index contributed by atoms with van der Waals surface area (Å²) in [4.78, 5) is 2.20. The molecule has 1 saturated heterocycles. The number of likely N-dealkylation sites (tertiary alicyclic amines) is 1. The Morgan fingerprint density at radius 2 is 1.96 bits per heavy atom. The van der Waals surface area contributed by atoms with Gasteiger partial charge < -0.3 is 19.5 Å². The summed E-state index contributed by atoms with van der Waals surface area (Å²) >= 11 is 0. The smallest absolute Gasteiger partial charge is 0.165 e. The number of hydrogen-bond acceptors (Lipinski definition) is 4. The fourth-order valence-electron chi connectivity index (χ4n) is 3.68. The zero-order chi connectivity index (χ0) is 19.2. The maximum absolute atomic E-state index is 13.6. The molecule has 5 heteroatoms. The lowest BCUT2D eigenvalue weighted by atomic mass is 10.0. The standard InChI is InChI=1S/C22H28FNO3/c1-24-15-19(25)14-18(24)11-12-27-21-6-4-3-5-17(21)9-7-16-8-10-20(23)22(13-16)26-2/h3-6,8,10,13,18-19,25H,7,9,11-12,14-15H2,1-2H3/t18-,19-/m1/s1. The molecule has 1 aliphatic rings. The van der Waals surface area contributed by atoms with Gasteiger partial charge in [-0.25, -0.2) is 4.39 Å². The average molecular weight is 373 g/mol. The summed E-state index contributed by atoms with van der Waals surface area (Å²) in [6.07, 6.45) is 3.09. The van der Waals surface area contributed by atoms with E-state index >= 15 is 0 Å². The Balaban J connectivity index is 1.56. The third-order valence-corrected chi connectivity index (χ3v) is 5.25. The number of aliphatic hydroxyl groups is 1. The summed E-state index contributed by atoms with van der Waals surface area (Å²) in [5, 5.41) is 9.75. The van der Waals surface area contributed by atoms with Crippen molar-refractivity contribution in [2.45, 2.75) is 37.8 Å². The highest BCUT2D eigenvalue weighted by molar-refractivity contribution is 5.35. The third kappa shape index (κ3) is 5.21. The van der Waals surface area contributed by atoms with Gasteiger partial charge in [-0.15, -0.1) is 0 Å². The molecule has 0 saturated carbocycles. The van der Waals surface area contributed by atoms with E-state index in [2.05, 4.69) is 11.0 Å². The predicted molar refractivity (Wildman–Crippen MR) is 104 cm³/mol. The molecule has 2 aromatic carbocycles. The quantitative estimate of drug-likeness (QED) is 0.770. The van der Waals surface area contributed by atoms with Crippen molar-refractivity contribution in [3.05, 3.63) is 59.4 Å². The van der Waals surface area contributed by atoms with Gasteiger partial charge in [0.05, 0.1) is 19.8 Å². The Kier molecular flexibility index (Phi) is 6.69. The number of likely N-dealkylation sites (N-methyl/N-ethyl adjacent to an activating group) is 1. The SMILES string of the molecule is COc1cc(CCc2ccccc2OCC[C@@H]2C[C@@H](O)CN2C)ccc1F. The first kappa shape index (κ1) is 19.6. The molecule has 146 valence electrons. The number of nitrogens with zero attached hydrogens (tertiary/aromatic N) is 1. The number of ether oxygens (including phenoxy) is 2. The topological polar surface area (TPSA) is 41.9 Å². The van der Waals surface area contributed by atoms with Crippen molar-refractivity contribution in [2.24, 2.45) is 0 Å². The fourth-order valence-corrected chi connectivity index (χ4v) is 3.68. The number of methoxy groups -OCH3 is 1. The molecule has 4 nitrogen and oxygen atoms in total. The molecular weight excluding hydrogens is 345 g/mol. The van der Waals surface area contributed by atoms with E-state index in [-0.39, 0.29) is 17.7 Å². The molecule has 0 aliphatic carbocycles. The van der Waals surface area contributed by atoms with Crippen LogP contribution in [0.15, 0.2) is 42.5 Å². The first-order valence-electron chi connectivity index (χ1n) is 9.48. The molecule has 0 radical (unpaired) electrons. The van der Waals surface area contributed by atoms with Crippen molar-refractivity contribution >= 4 is 0 Å². The highest BCUT2D eigenvalue weighted by Gasteiger charge is 2.27. The molecular formula is C22H28FNO3. The maximum atomic E-state index is 13.6. The molecule has 27 heavy (non-hydrogen) atoms. The molecule has 0 amide bonds. The summed E-state index contributed by atoms with van der Waals surface area (Å²) in [7, 11) is 3.53. The van der Waals surface area contributed by atoms with Crippen LogP contribution >= 0.6 is 0 Å². The molecule has 1 N–H and O–H groups in total. The lowest BCUT2D eigenvalue weighted by molar-refractivity contribution is 0.182. The second-order valence-corrected chi connectivity index (χ2v) is 7.20. The monoisotopic (exact) mass is 373 g/mol. The van der Waals surface area contributed by atoms with E-state index in [0.29, 0.717) is 12.6 Å². The largest absolute Gasteiger partial charge is 0.494 e. The van der Waals surface area contributed by atoms with Crippen LogP contribution in [0, 0.1) is 5.82 Å². The van der Waals surface area contributed by atoms with Gasteiger partial charge in [-0.05, 0) is 62.1 Å². The minimum absolute atomic E-state index is 0.222. The van der Waals surface area contributed by atoms with Gasteiger partial charge in [0.1, 0.15) is 5.75 Å². The van der Waals surface area contributed by atoms with Gasteiger partial charge in [0, 0.05) is 12.6 Å². The number of halogens is 1. The fraction of sp³-hybridized carbons (Fsp3) is 0.455. The van der Waals surface area contributed by atoms with E-state index in [1.165, 1.54) is 13.2 Å². The molecule has 1 aliphatic heterocycles. The third-order valence-electron chi connectivity index (χ3n) is 5.25. The molecule has 1 heterocycles. The minimum Gasteiger partial charge on any atom is -0.494 e. The Morgan fingerprint density at radius 1 is 1.15 bits per heavy atom. The number of rotatable bonds is 8. The summed E-state index contributed by atoms with van der Waals surface area (Å²) in [5.74, 6) is 0.833. The average Bonchev–Trinajstić information content (AvgIpc) is 2.99. The first-order valence-corrected chi connectivity index (χ1v) is 9.48. The number of para-hydroxylation sites is 1. The van der Waals surface area contributed by atoms with Crippen LogP contribution in [0.4, 0.5) is 4.39 Å². The van der Waals surface area contributed by atoms with Gasteiger partial charge in [0.2, 0.25) is 0 Å². The van der Waals surface area contributed by atoms with Crippen LogP contribution < -0.4 is 9.47 Å². The highest BCUT2D eigenvalue weighted by atomic mass is 19.1. The first-order chi connectivity index (χ1) is 13.1. The summed E-state index contributed by atoms with van der Waals surface area (Å²) in [6.45, 7) is 1.37. The number of hydrogen-bond donors (Lipinski definition) is 1. The van der Waals surface area contributed by atoms with Crippen LogP contribution in [-0.4, -0.2) is 49.5 Å². The second-order valence-electron chi connectivity index (χ2n) is 7.20. The molecule has 0 aromatic heterocycles. The normalized spacial score (nSPS) is 20.0. The molecule has 0 bridgehead atoms. The number of β-amino-alcohol motifs (C(OH)–C–C–N with tert-alkyl or cyclic N) is 1. The lowest BCUT2D eigenvalue weighted by Gasteiger charge is -2.19. The summed E-state index contributed by atoms with van der Waals surface area (Å²) < 4.78 is 24.7. The van der Waals surface area contributed by atoms with Crippen molar-refractivity contribution < 1.29 is 19.0 Å². The molecule has 1 fully saturated rings. The lowest BCUT2D eigenvalue weighted by Crippen LogP contribution is -2.26. The van der Waals surface area contributed by atoms with Gasteiger partial charge in [-0.2, -0.15) is 0 Å². The number of aliphatic hydroxyl groups excluding tert-OH is 1. The van der Waals surface area contributed by atoms with Crippen LogP contribution in [0.3, 0.4) is 0 Å². The van der Waals surface area contributed by atoms with Crippen LogP contribution in [0.2, 0.25) is 0 Å². The molecule has 3 rings (SSSR count). The van der Waals surface area contributed by atoms with Crippen molar-refractivity contribution in [1.29, 1.82) is 0 Å². The van der Waals surface area contributed by atoms with E-state index in [1.54, 1.807) is 12.1 Å². The van der Waals surface area contributed by atoms with E-state index < -0.39 is 0 Å². The van der Waals surface area contributed by atoms with Crippen molar-refractivity contribution in [3.8, 4) is 11.5 Å². The number of aryl methyl sites for hydroxylation is 2. The minimum atomic E-state index is -0.341. The molecule has 2 aromatic rings. The zero-order valence-electron chi connectivity index (χ0n) is 16.0. The Hall–Kier alpha value is -2.11. The maximum Gasteiger partial charge on any atom is 0.165 e. The van der Waals surface area contributed by atoms with Crippen LogP contribution in [0.1, 0.15) is 24.0 Å². The summed E-state index contributed by atoms with van der Waals surface area (Å²) in [6, 6.07) is 13.4.